The molecule has 2 rings (SSSR count). The summed E-state index contributed by atoms with van der Waals surface area (Å²) in [5.74, 6) is 0. The first-order chi connectivity index (χ1) is 11.1. The number of nitrogens with zero attached hydrogens (tertiary/aromatic N) is 2. The average Bonchev–Trinajstić information content (AvgIpc) is 2.77. The van der Waals surface area contributed by atoms with Crippen molar-refractivity contribution in [2.24, 2.45) is 0 Å². The number of carbonyl (C=O) groups is 1. The molecule has 0 spiro atoms. The molecule has 0 aliphatic carbocycles. The Morgan fingerprint density at radius 1 is 1.17 bits per heavy atom. The number of hydrogen-bond donors (Lipinski definition) is 2. The molecule has 0 unspecified atom stereocenters. The summed E-state index contributed by atoms with van der Waals surface area (Å²) in [6, 6.07) is 7.99. The van der Waals surface area contributed by atoms with Crippen LogP contribution in [0, 0.1) is 0 Å². The lowest BCUT2D eigenvalue weighted by molar-refractivity contribution is 0.0285. The highest BCUT2D eigenvalue weighted by atomic mass is 16.6. The van der Waals surface area contributed by atoms with Gasteiger partial charge in [-0.2, -0.15) is 0 Å². The molecular weight excluding hydrogens is 308 g/mol. The lowest BCUT2D eigenvalue weighted by Crippen LogP contribution is -2.33. The van der Waals surface area contributed by atoms with Gasteiger partial charge in [0, 0.05) is 33.2 Å². The molecule has 134 valence electrons. The second-order valence-electron chi connectivity index (χ2n) is 7.48. The predicted molar refractivity (Wildman–Crippen MR) is 91.4 cm³/mol. The normalized spacial score (nSPS) is 21.8. The third-order valence-corrected chi connectivity index (χ3v) is 3.89. The lowest BCUT2D eigenvalue weighted by atomic mass is 10.1. The molecule has 0 radical (unpaired) electrons. The smallest absolute Gasteiger partial charge is 0.410 e. The number of β-amino-alcohol motifs (C(OH)–C–C–N with tert-alkyl or cyclic N) is 2. The summed E-state index contributed by atoms with van der Waals surface area (Å²) in [6.45, 7) is 7.69. The van der Waals surface area contributed by atoms with Crippen LogP contribution in [0.25, 0.3) is 0 Å². The van der Waals surface area contributed by atoms with E-state index in [2.05, 4.69) is 0 Å². The Hall–Kier alpha value is -1.63. The van der Waals surface area contributed by atoms with Crippen molar-refractivity contribution in [1.82, 2.24) is 9.80 Å². The van der Waals surface area contributed by atoms with Crippen molar-refractivity contribution in [3.63, 3.8) is 0 Å². The van der Waals surface area contributed by atoms with E-state index in [1.807, 2.05) is 49.9 Å². The highest BCUT2D eigenvalue weighted by Crippen LogP contribution is 2.16. The maximum Gasteiger partial charge on any atom is 0.410 e. The van der Waals surface area contributed by atoms with Crippen LogP contribution in [0.2, 0.25) is 0 Å². The second kappa shape index (κ2) is 7.51. The summed E-state index contributed by atoms with van der Waals surface area (Å²) in [7, 11) is 1.72. The number of aliphatic hydroxyl groups is 2. The number of carbonyl (C=O) groups excluding carboxylic acids is 1. The molecule has 1 fully saturated rings. The van der Waals surface area contributed by atoms with E-state index in [9.17, 15) is 15.0 Å². The van der Waals surface area contributed by atoms with Gasteiger partial charge in [-0.1, -0.05) is 24.3 Å². The Bertz CT molecular complexity index is 543. The van der Waals surface area contributed by atoms with Gasteiger partial charge in [0.25, 0.3) is 0 Å². The van der Waals surface area contributed by atoms with E-state index < -0.39 is 17.8 Å². The van der Waals surface area contributed by atoms with Crippen LogP contribution >= 0.6 is 0 Å². The zero-order chi connectivity index (χ0) is 17.9. The lowest BCUT2D eigenvalue weighted by Gasteiger charge is -2.24. The van der Waals surface area contributed by atoms with Crippen molar-refractivity contribution in [3.05, 3.63) is 35.4 Å². The van der Waals surface area contributed by atoms with E-state index in [-0.39, 0.29) is 6.09 Å². The van der Waals surface area contributed by atoms with Gasteiger partial charge in [0.1, 0.15) is 5.60 Å². The van der Waals surface area contributed by atoms with Gasteiger partial charge >= 0.3 is 6.09 Å². The van der Waals surface area contributed by atoms with Crippen molar-refractivity contribution in [3.8, 4) is 0 Å². The van der Waals surface area contributed by atoms with Crippen molar-refractivity contribution in [2.75, 3.05) is 20.1 Å². The number of rotatable bonds is 4. The van der Waals surface area contributed by atoms with Gasteiger partial charge in [0.15, 0.2) is 0 Å². The molecule has 2 atom stereocenters. The molecule has 1 amide bonds. The van der Waals surface area contributed by atoms with Gasteiger partial charge in [0.05, 0.1) is 12.2 Å². The van der Waals surface area contributed by atoms with Crippen LogP contribution in [0.5, 0.6) is 0 Å². The molecule has 1 aliphatic heterocycles. The first-order valence-corrected chi connectivity index (χ1v) is 8.24. The molecule has 1 saturated heterocycles. The summed E-state index contributed by atoms with van der Waals surface area (Å²) < 4.78 is 5.34. The van der Waals surface area contributed by atoms with Gasteiger partial charge in [0.2, 0.25) is 0 Å². The Morgan fingerprint density at radius 3 is 2.17 bits per heavy atom. The Kier molecular flexibility index (Phi) is 5.85. The van der Waals surface area contributed by atoms with Gasteiger partial charge in [-0.15, -0.1) is 0 Å². The standard InChI is InChI=1S/C18H28N2O4/c1-18(2,3)24-17(23)19(4)9-13-5-7-14(8-6-13)10-20-11-15(21)16(22)12-20/h5-8,15-16,21-22H,9-12H2,1-4H3/t15-,16-/m0/s1. The molecule has 1 aromatic carbocycles. The third kappa shape index (κ3) is 5.47. The molecule has 2 N–H and O–H groups in total. The van der Waals surface area contributed by atoms with Crippen molar-refractivity contribution < 1.29 is 19.7 Å². The fourth-order valence-corrected chi connectivity index (χ4v) is 2.66. The van der Waals surface area contributed by atoms with Crippen molar-refractivity contribution in [2.45, 2.75) is 51.7 Å². The fourth-order valence-electron chi connectivity index (χ4n) is 2.66. The summed E-state index contributed by atoms with van der Waals surface area (Å²) in [6.07, 6.45) is -1.66. The van der Waals surface area contributed by atoms with Crippen LogP contribution in [-0.4, -0.2) is 64.1 Å². The Balaban J connectivity index is 1.87. The van der Waals surface area contributed by atoms with Crippen LogP contribution in [0.4, 0.5) is 4.79 Å². The summed E-state index contributed by atoms with van der Waals surface area (Å²) in [4.78, 5) is 15.5. The molecule has 1 aliphatic rings. The van der Waals surface area contributed by atoms with E-state index in [0.29, 0.717) is 26.2 Å². The number of benzene rings is 1. The molecule has 0 bridgehead atoms. The Labute approximate surface area is 143 Å². The second-order valence-corrected chi connectivity index (χ2v) is 7.48. The number of aliphatic hydroxyl groups excluding tert-OH is 2. The van der Waals surface area contributed by atoms with Crippen molar-refractivity contribution in [1.29, 1.82) is 0 Å². The first kappa shape index (κ1) is 18.7. The highest BCUT2D eigenvalue weighted by Gasteiger charge is 2.29. The minimum Gasteiger partial charge on any atom is -0.444 e. The van der Waals surface area contributed by atoms with Gasteiger partial charge < -0.3 is 19.8 Å². The maximum absolute atomic E-state index is 12.0. The fraction of sp³-hybridized carbons (Fsp3) is 0.611. The van der Waals surface area contributed by atoms with E-state index in [1.54, 1.807) is 11.9 Å². The van der Waals surface area contributed by atoms with Crippen molar-refractivity contribution >= 4 is 6.09 Å². The monoisotopic (exact) mass is 336 g/mol. The van der Waals surface area contributed by atoms with E-state index in [4.69, 9.17) is 4.74 Å². The largest absolute Gasteiger partial charge is 0.444 e. The SMILES string of the molecule is CN(Cc1ccc(CN2C[C@H](O)[C@@H](O)C2)cc1)C(=O)OC(C)(C)C. The minimum absolute atomic E-state index is 0.341. The number of amides is 1. The molecule has 1 aromatic rings. The number of ether oxygens (including phenoxy) is 1. The van der Waals surface area contributed by atoms with Gasteiger partial charge in [-0.25, -0.2) is 4.79 Å². The molecule has 24 heavy (non-hydrogen) atoms. The molecule has 6 heteroatoms. The van der Waals surface area contributed by atoms with E-state index >= 15 is 0 Å². The van der Waals surface area contributed by atoms with Crippen LogP contribution in [-0.2, 0) is 17.8 Å². The Morgan fingerprint density at radius 2 is 1.67 bits per heavy atom. The first-order valence-electron chi connectivity index (χ1n) is 8.24. The average molecular weight is 336 g/mol. The molecular formula is C18H28N2O4. The summed E-state index contributed by atoms with van der Waals surface area (Å²) in [5, 5.41) is 19.2. The maximum atomic E-state index is 12.0. The van der Waals surface area contributed by atoms with Gasteiger partial charge in [-0.05, 0) is 31.9 Å². The zero-order valence-corrected chi connectivity index (χ0v) is 14.9. The zero-order valence-electron chi connectivity index (χ0n) is 14.9. The minimum atomic E-state index is -0.660. The van der Waals surface area contributed by atoms with Crippen LogP contribution in [0.1, 0.15) is 31.9 Å². The molecule has 0 saturated carbocycles. The summed E-state index contributed by atoms with van der Waals surface area (Å²) in [5.41, 5.74) is 1.63. The molecule has 1 heterocycles. The number of likely N-dealkylation sites (tertiary alicyclic amines) is 1. The third-order valence-electron chi connectivity index (χ3n) is 3.89. The van der Waals surface area contributed by atoms with Crippen LogP contribution < -0.4 is 0 Å². The van der Waals surface area contributed by atoms with E-state index in [1.165, 1.54) is 0 Å². The molecule has 6 nitrogen and oxygen atoms in total. The summed E-state index contributed by atoms with van der Waals surface area (Å²) >= 11 is 0. The van der Waals surface area contributed by atoms with E-state index in [0.717, 1.165) is 11.1 Å². The highest BCUT2D eigenvalue weighted by molar-refractivity contribution is 5.67. The topological polar surface area (TPSA) is 73.2 Å². The number of hydrogen-bond acceptors (Lipinski definition) is 5. The molecule has 0 aromatic heterocycles. The quantitative estimate of drug-likeness (QED) is 0.873. The van der Waals surface area contributed by atoms with Gasteiger partial charge in [-0.3, -0.25) is 4.90 Å². The predicted octanol–water partition coefficient (Wildman–Crippen LogP) is 1.59. The van der Waals surface area contributed by atoms with Crippen LogP contribution in [0.15, 0.2) is 24.3 Å². The van der Waals surface area contributed by atoms with Crippen LogP contribution in [0.3, 0.4) is 0 Å².